The topological polar surface area (TPSA) is 42.0 Å². The van der Waals surface area contributed by atoms with Crippen molar-refractivity contribution in [3.8, 4) is 0 Å². The van der Waals surface area contributed by atoms with Crippen LogP contribution in [0.25, 0.3) is 0 Å². The van der Waals surface area contributed by atoms with Crippen LogP contribution in [-0.4, -0.2) is 17.4 Å². The van der Waals surface area contributed by atoms with Crippen molar-refractivity contribution >= 4 is 5.91 Å². The lowest BCUT2D eigenvalue weighted by Gasteiger charge is -2.24. The van der Waals surface area contributed by atoms with Crippen LogP contribution in [-0.2, 0) is 4.79 Å². The van der Waals surface area contributed by atoms with E-state index in [4.69, 9.17) is 0 Å². The van der Waals surface area contributed by atoms with Crippen LogP contribution in [0.5, 0.6) is 0 Å². The highest BCUT2D eigenvalue weighted by molar-refractivity contribution is 5.78. The Labute approximate surface area is 127 Å². The summed E-state index contributed by atoms with van der Waals surface area (Å²) in [5, 5.41) is 2.81. The fourth-order valence-electron chi connectivity index (χ4n) is 3.08. The average molecular weight is 302 g/mol. The SMILES string of the molecule is Cc1ccncc1C(c1ccc(F)c(F)c1)C1CNC(=O)C1. The Bertz CT molecular complexity index is 718. The summed E-state index contributed by atoms with van der Waals surface area (Å²) < 4.78 is 26.9. The van der Waals surface area contributed by atoms with Crippen LogP contribution in [0.15, 0.2) is 36.7 Å². The lowest BCUT2D eigenvalue weighted by molar-refractivity contribution is -0.119. The van der Waals surface area contributed by atoms with Crippen molar-refractivity contribution in [2.45, 2.75) is 19.3 Å². The van der Waals surface area contributed by atoms with E-state index >= 15 is 0 Å². The summed E-state index contributed by atoms with van der Waals surface area (Å²) in [5.74, 6) is -1.95. The van der Waals surface area contributed by atoms with Gasteiger partial charge >= 0.3 is 0 Å². The second-order valence-electron chi connectivity index (χ2n) is 5.65. The number of amides is 1. The summed E-state index contributed by atoms with van der Waals surface area (Å²) in [4.78, 5) is 15.7. The van der Waals surface area contributed by atoms with E-state index in [1.807, 2.05) is 13.0 Å². The Hall–Kier alpha value is -2.30. The summed E-state index contributed by atoms with van der Waals surface area (Å²) >= 11 is 0. The molecule has 1 aliphatic rings. The van der Waals surface area contributed by atoms with Gasteiger partial charge in [0.15, 0.2) is 11.6 Å². The van der Waals surface area contributed by atoms with Crippen LogP contribution < -0.4 is 5.32 Å². The largest absolute Gasteiger partial charge is 0.356 e. The second kappa shape index (κ2) is 5.83. The lowest BCUT2D eigenvalue weighted by Crippen LogP contribution is -2.19. The third kappa shape index (κ3) is 2.71. The van der Waals surface area contributed by atoms with Gasteiger partial charge in [0.05, 0.1) is 0 Å². The molecule has 0 bridgehead atoms. The van der Waals surface area contributed by atoms with Crippen molar-refractivity contribution in [3.05, 3.63) is 65.0 Å². The van der Waals surface area contributed by atoms with Gasteiger partial charge in [-0.2, -0.15) is 0 Å². The van der Waals surface area contributed by atoms with E-state index in [0.29, 0.717) is 18.5 Å². The maximum atomic E-state index is 13.6. The van der Waals surface area contributed by atoms with Gasteiger partial charge in [0.1, 0.15) is 0 Å². The van der Waals surface area contributed by atoms with E-state index in [-0.39, 0.29) is 17.7 Å². The Balaban J connectivity index is 2.08. The average Bonchev–Trinajstić information content (AvgIpc) is 2.91. The number of hydrogen-bond acceptors (Lipinski definition) is 2. The van der Waals surface area contributed by atoms with Crippen molar-refractivity contribution in [1.82, 2.24) is 10.3 Å². The summed E-state index contributed by atoms with van der Waals surface area (Å²) in [6.45, 7) is 2.48. The maximum absolute atomic E-state index is 13.6. The summed E-state index contributed by atoms with van der Waals surface area (Å²) in [5.41, 5.74) is 2.62. The summed E-state index contributed by atoms with van der Waals surface area (Å²) in [6, 6.07) is 5.81. The number of rotatable bonds is 3. The molecule has 1 N–H and O–H groups in total. The van der Waals surface area contributed by atoms with E-state index in [2.05, 4.69) is 10.3 Å². The van der Waals surface area contributed by atoms with Gasteiger partial charge in [-0.3, -0.25) is 9.78 Å². The highest BCUT2D eigenvalue weighted by atomic mass is 19.2. The molecule has 3 nitrogen and oxygen atoms in total. The minimum Gasteiger partial charge on any atom is -0.356 e. The van der Waals surface area contributed by atoms with Gasteiger partial charge in [-0.1, -0.05) is 6.07 Å². The van der Waals surface area contributed by atoms with Crippen molar-refractivity contribution in [2.24, 2.45) is 5.92 Å². The van der Waals surface area contributed by atoms with Crippen LogP contribution in [0.3, 0.4) is 0 Å². The first-order valence-electron chi connectivity index (χ1n) is 7.18. The predicted octanol–water partition coefficient (Wildman–Crippen LogP) is 2.94. The smallest absolute Gasteiger partial charge is 0.220 e. The molecule has 114 valence electrons. The number of pyridine rings is 1. The van der Waals surface area contributed by atoms with E-state index in [0.717, 1.165) is 17.2 Å². The molecular formula is C17H16F2N2O. The van der Waals surface area contributed by atoms with Gasteiger partial charge < -0.3 is 5.32 Å². The number of nitrogens with zero attached hydrogens (tertiary/aromatic N) is 1. The number of aryl methyl sites for hydroxylation is 1. The first-order valence-corrected chi connectivity index (χ1v) is 7.18. The highest BCUT2D eigenvalue weighted by Crippen LogP contribution is 2.37. The molecule has 1 amide bonds. The van der Waals surface area contributed by atoms with Gasteiger partial charge in [-0.05, 0) is 47.7 Å². The van der Waals surface area contributed by atoms with Gasteiger partial charge in [0.2, 0.25) is 5.91 Å². The summed E-state index contributed by atoms with van der Waals surface area (Å²) in [7, 11) is 0. The number of aromatic nitrogens is 1. The van der Waals surface area contributed by atoms with Crippen LogP contribution in [0.2, 0.25) is 0 Å². The molecule has 0 spiro atoms. The van der Waals surface area contributed by atoms with E-state index in [9.17, 15) is 13.6 Å². The third-order valence-electron chi connectivity index (χ3n) is 4.20. The number of hydrogen-bond donors (Lipinski definition) is 1. The summed E-state index contributed by atoms with van der Waals surface area (Å²) in [6.07, 6.45) is 3.81. The fraction of sp³-hybridized carbons (Fsp3) is 0.294. The number of halogens is 2. The Morgan fingerprint density at radius 3 is 2.73 bits per heavy atom. The number of carbonyl (C=O) groups is 1. The molecule has 2 aromatic rings. The normalized spacial score (nSPS) is 19.0. The predicted molar refractivity (Wildman–Crippen MR) is 78.3 cm³/mol. The van der Waals surface area contributed by atoms with Crippen molar-refractivity contribution in [1.29, 1.82) is 0 Å². The Morgan fingerprint density at radius 1 is 1.27 bits per heavy atom. The number of nitrogens with one attached hydrogen (secondary N) is 1. The van der Waals surface area contributed by atoms with Crippen LogP contribution in [0.4, 0.5) is 8.78 Å². The van der Waals surface area contributed by atoms with Crippen molar-refractivity contribution in [3.63, 3.8) is 0 Å². The molecule has 2 unspecified atom stereocenters. The van der Waals surface area contributed by atoms with E-state index in [1.54, 1.807) is 18.5 Å². The molecule has 3 rings (SSSR count). The van der Waals surface area contributed by atoms with Gasteiger partial charge in [0, 0.05) is 31.3 Å². The van der Waals surface area contributed by atoms with Crippen LogP contribution in [0, 0.1) is 24.5 Å². The molecule has 0 radical (unpaired) electrons. The zero-order valence-electron chi connectivity index (χ0n) is 12.1. The molecule has 1 fully saturated rings. The van der Waals surface area contributed by atoms with Gasteiger partial charge in [-0.25, -0.2) is 8.78 Å². The maximum Gasteiger partial charge on any atom is 0.220 e. The number of carbonyl (C=O) groups excluding carboxylic acids is 1. The Kier molecular flexibility index (Phi) is 3.88. The quantitative estimate of drug-likeness (QED) is 0.947. The number of benzene rings is 1. The van der Waals surface area contributed by atoms with Gasteiger partial charge in [-0.15, -0.1) is 0 Å². The zero-order chi connectivity index (χ0) is 15.7. The minimum atomic E-state index is -0.874. The van der Waals surface area contributed by atoms with E-state index < -0.39 is 11.6 Å². The first kappa shape index (κ1) is 14.6. The molecule has 0 saturated carbocycles. The molecule has 1 saturated heterocycles. The Morgan fingerprint density at radius 2 is 2.09 bits per heavy atom. The molecule has 2 atom stereocenters. The van der Waals surface area contributed by atoms with Crippen LogP contribution in [0.1, 0.15) is 29.0 Å². The van der Waals surface area contributed by atoms with E-state index in [1.165, 1.54) is 6.07 Å². The monoisotopic (exact) mass is 302 g/mol. The molecule has 5 heteroatoms. The van der Waals surface area contributed by atoms with Crippen LogP contribution >= 0.6 is 0 Å². The first-order chi connectivity index (χ1) is 10.6. The molecule has 1 aromatic heterocycles. The van der Waals surface area contributed by atoms with Crippen molar-refractivity contribution in [2.75, 3.05) is 6.54 Å². The molecule has 1 aliphatic heterocycles. The highest BCUT2D eigenvalue weighted by Gasteiger charge is 2.32. The third-order valence-corrected chi connectivity index (χ3v) is 4.20. The molecular weight excluding hydrogens is 286 g/mol. The molecule has 2 heterocycles. The fourth-order valence-corrected chi connectivity index (χ4v) is 3.08. The molecule has 1 aromatic carbocycles. The standard InChI is InChI=1S/C17H16F2N2O/c1-10-4-5-20-9-13(10)17(12-7-16(22)21-8-12)11-2-3-14(18)15(19)6-11/h2-6,9,12,17H,7-8H2,1H3,(H,21,22). The second-order valence-corrected chi connectivity index (χ2v) is 5.65. The zero-order valence-corrected chi connectivity index (χ0v) is 12.1. The minimum absolute atomic E-state index is 0.000242. The lowest BCUT2D eigenvalue weighted by atomic mass is 9.79. The van der Waals surface area contributed by atoms with Gasteiger partial charge in [0.25, 0.3) is 0 Å². The van der Waals surface area contributed by atoms with Crippen molar-refractivity contribution < 1.29 is 13.6 Å². The molecule has 0 aliphatic carbocycles. The molecule has 22 heavy (non-hydrogen) atoms.